The van der Waals surface area contributed by atoms with Crippen LogP contribution >= 0.6 is 11.6 Å². The summed E-state index contributed by atoms with van der Waals surface area (Å²) in [7, 11) is 0. The Labute approximate surface area is 68.9 Å². The Morgan fingerprint density at radius 2 is 1.64 bits per heavy atom. The second-order valence-electron chi connectivity index (χ2n) is 2.38. The Morgan fingerprint density at radius 1 is 1.09 bits per heavy atom. The number of benzene rings is 1. The zero-order chi connectivity index (χ0) is 7.84. The molecule has 0 fully saturated rings. The molecule has 1 nitrogen and oxygen atoms in total. The zero-order valence-corrected chi connectivity index (χ0v) is 6.43. The van der Waals surface area contributed by atoms with Crippen LogP contribution in [0, 0.1) is 0 Å². The van der Waals surface area contributed by atoms with Crippen molar-refractivity contribution in [3.63, 3.8) is 0 Å². The molecule has 2 rings (SSSR count). The first-order chi connectivity index (χ1) is 5.30. The molecule has 0 aliphatic rings. The highest BCUT2D eigenvalue weighted by atomic mass is 35.5. The standard InChI is InChI=1S/C9H5ClO/c10-8-7(9(8)11)6-4-2-1-3-5-6/h1-5H. The number of hydrogen-bond donors (Lipinski definition) is 0. The van der Waals surface area contributed by atoms with Crippen molar-refractivity contribution in [2.75, 3.05) is 0 Å². The molecule has 0 unspecified atom stereocenters. The van der Waals surface area contributed by atoms with Gasteiger partial charge in [-0.3, -0.25) is 4.79 Å². The third kappa shape index (κ3) is 0.976. The van der Waals surface area contributed by atoms with Crippen molar-refractivity contribution in [3.8, 4) is 11.1 Å². The van der Waals surface area contributed by atoms with Crippen LogP contribution in [-0.4, -0.2) is 0 Å². The molecule has 54 valence electrons. The molecule has 0 aliphatic carbocycles. The number of hydrogen-bond acceptors (Lipinski definition) is 1. The van der Waals surface area contributed by atoms with Gasteiger partial charge in [0.1, 0.15) is 5.02 Å². The van der Waals surface area contributed by atoms with Gasteiger partial charge in [0.05, 0.1) is 5.56 Å². The predicted molar refractivity (Wildman–Crippen MR) is 45.5 cm³/mol. The molecule has 0 heterocycles. The van der Waals surface area contributed by atoms with E-state index in [9.17, 15) is 4.79 Å². The van der Waals surface area contributed by atoms with Gasteiger partial charge in [-0.25, -0.2) is 0 Å². The zero-order valence-electron chi connectivity index (χ0n) is 5.67. The summed E-state index contributed by atoms with van der Waals surface area (Å²) in [6, 6.07) is 9.44. The van der Waals surface area contributed by atoms with E-state index in [0.29, 0.717) is 10.6 Å². The van der Waals surface area contributed by atoms with Gasteiger partial charge in [-0.05, 0) is 5.56 Å². The molecule has 2 aromatic carbocycles. The Hall–Kier alpha value is -1.08. The minimum atomic E-state index is -0.0159. The summed E-state index contributed by atoms with van der Waals surface area (Å²) in [6.45, 7) is 0. The van der Waals surface area contributed by atoms with Crippen LogP contribution in [0.25, 0.3) is 11.1 Å². The van der Waals surface area contributed by atoms with Gasteiger partial charge in [0.25, 0.3) is 0 Å². The third-order valence-corrected chi connectivity index (χ3v) is 2.01. The molecule has 0 amide bonds. The average molecular weight is 165 g/mol. The van der Waals surface area contributed by atoms with Crippen LogP contribution in [0.4, 0.5) is 0 Å². The van der Waals surface area contributed by atoms with Crippen LogP contribution in [0.2, 0.25) is 5.02 Å². The maximum Gasteiger partial charge on any atom is 0.207 e. The maximum atomic E-state index is 10.8. The van der Waals surface area contributed by atoms with Crippen LogP contribution in [0.5, 0.6) is 0 Å². The summed E-state index contributed by atoms with van der Waals surface area (Å²) in [4.78, 5) is 10.8. The van der Waals surface area contributed by atoms with Gasteiger partial charge in [0.15, 0.2) is 0 Å². The summed E-state index contributed by atoms with van der Waals surface area (Å²) >= 11 is 5.57. The lowest BCUT2D eigenvalue weighted by Crippen LogP contribution is -1.75. The highest BCUT2D eigenvalue weighted by molar-refractivity contribution is 6.36. The Kier molecular flexibility index (Phi) is 1.33. The quantitative estimate of drug-likeness (QED) is 0.632. The molecule has 0 saturated carbocycles. The van der Waals surface area contributed by atoms with E-state index in [2.05, 4.69) is 0 Å². The minimum Gasteiger partial charge on any atom is -0.288 e. The smallest absolute Gasteiger partial charge is 0.207 e. The van der Waals surface area contributed by atoms with Crippen LogP contribution < -0.4 is 5.43 Å². The SMILES string of the molecule is O=c1c(Cl)c1-c1ccccc1. The summed E-state index contributed by atoms with van der Waals surface area (Å²) in [5.41, 5.74) is 1.58. The number of halogens is 1. The largest absolute Gasteiger partial charge is 0.288 e. The highest BCUT2D eigenvalue weighted by Crippen LogP contribution is 2.28. The van der Waals surface area contributed by atoms with Gasteiger partial charge in [0, 0.05) is 0 Å². The average Bonchev–Trinajstić information content (AvgIpc) is 2.62. The molecular weight excluding hydrogens is 160 g/mol. The fraction of sp³-hybridized carbons (Fsp3) is 0. The molecule has 2 aromatic rings. The fourth-order valence-electron chi connectivity index (χ4n) is 1.01. The van der Waals surface area contributed by atoms with E-state index >= 15 is 0 Å². The first-order valence-corrected chi connectivity index (χ1v) is 3.68. The summed E-state index contributed by atoms with van der Waals surface area (Å²) in [5, 5.41) is 0.385. The molecule has 11 heavy (non-hydrogen) atoms. The van der Waals surface area contributed by atoms with Gasteiger partial charge in [-0.15, -0.1) is 0 Å². The minimum absolute atomic E-state index is 0.0159. The Morgan fingerprint density at radius 3 is 2.09 bits per heavy atom. The van der Waals surface area contributed by atoms with E-state index in [1.54, 1.807) is 0 Å². The monoisotopic (exact) mass is 164 g/mol. The van der Waals surface area contributed by atoms with Crippen molar-refractivity contribution >= 4 is 11.6 Å². The summed E-state index contributed by atoms with van der Waals surface area (Å²) in [6.07, 6.45) is 0. The van der Waals surface area contributed by atoms with E-state index in [1.807, 2.05) is 30.3 Å². The van der Waals surface area contributed by atoms with E-state index in [-0.39, 0.29) is 5.43 Å². The lowest BCUT2D eigenvalue weighted by Gasteiger charge is -1.87. The van der Waals surface area contributed by atoms with E-state index in [0.717, 1.165) is 5.56 Å². The number of rotatable bonds is 1. The molecule has 0 bridgehead atoms. The normalized spacial score (nSPS) is 10.6. The molecule has 2 heteroatoms. The van der Waals surface area contributed by atoms with Gasteiger partial charge >= 0.3 is 0 Å². The van der Waals surface area contributed by atoms with Crippen LogP contribution in [0.1, 0.15) is 0 Å². The summed E-state index contributed by atoms with van der Waals surface area (Å²) in [5.74, 6) is 0. The third-order valence-electron chi connectivity index (χ3n) is 1.65. The van der Waals surface area contributed by atoms with E-state index < -0.39 is 0 Å². The first-order valence-electron chi connectivity index (χ1n) is 3.30. The Bertz CT molecular complexity index is 382. The molecule has 0 aromatic heterocycles. The second-order valence-corrected chi connectivity index (χ2v) is 2.76. The first kappa shape index (κ1) is 6.62. The van der Waals surface area contributed by atoms with Crippen molar-refractivity contribution in [3.05, 3.63) is 45.6 Å². The van der Waals surface area contributed by atoms with E-state index in [1.165, 1.54) is 0 Å². The van der Waals surface area contributed by atoms with Crippen LogP contribution in [0.15, 0.2) is 35.1 Å². The van der Waals surface area contributed by atoms with Crippen molar-refractivity contribution in [2.45, 2.75) is 0 Å². The molecular formula is C9H5ClO. The fourth-order valence-corrected chi connectivity index (χ4v) is 1.25. The molecule has 0 radical (unpaired) electrons. The molecule has 0 saturated heterocycles. The lowest BCUT2D eigenvalue weighted by atomic mass is 10.2. The summed E-state index contributed by atoms with van der Waals surface area (Å²) < 4.78 is 0. The van der Waals surface area contributed by atoms with Gasteiger partial charge in [0.2, 0.25) is 5.43 Å². The van der Waals surface area contributed by atoms with Crippen LogP contribution in [0.3, 0.4) is 0 Å². The lowest BCUT2D eigenvalue weighted by molar-refractivity contribution is 1.70. The highest BCUT2D eigenvalue weighted by Gasteiger charge is 2.20. The van der Waals surface area contributed by atoms with Crippen molar-refractivity contribution in [2.24, 2.45) is 0 Å². The molecule has 0 atom stereocenters. The molecule has 0 N–H and O–H groups in total. The topological polar surface area (TPSA) is 17.1 Å². The van der Waals surface area contributed by atoms with Gasteiger partial charge in [-0.1, -0.05) is 41.9 Å². The Balaban J connectivity index is 2.48. The molecule has 0 spiro atoms. The second kappa shape index (κ2) is 2.21. The van der Waals surface area contributed by atoms with Gasteiger partial charge in [-0.2, -0.15) is 0 Å². The predicted octanol–water partition coefficient (Wildman–Crippen LogP) is 2.24. The van der Waals surface area contributed by atoms with Gasteiger partial charge < -0.3 is 0 Å². The van der Waals surface area contributed by atoms with Crippen molar-refractivity contribution in [1.29, 1.82) is 0 Å². The van der Waals surface area contributed by atoms with E-state index in [4.69, 9.17) is 11.6 Å². The van der Waals surface area contributed by atoms with Crippen molar-refractivity contribution < 1.29 is 0 Å². The van der Waals surface area contributed by atoms with Crippen molar-refractivity contribution in [1.82, 2.24) is 0 Å². The van der Waals surface area contributed by atoms with Crippen LogP contribution in [-0.2, 0) is 0 Å². The maximum absolute atomic E-state index is 10.8. The molecule has 0 aliphatic heterocycles.